The highest BCUT2D eigenvalue weighted by atomic mass is 16.6. The lowest BCUT2D eigenvalue weighted by Gasteiger charge is -2.09. The number of carboxylic acids is 2. The molecule has 0 saturated carbocycles. The van der Waals surface area contributed by atoms with E-state index in [4.69, 9.17) is 34.9 Å². The van der Waals surface area contributed by atoms with Crippen LogP contribution in [0.5, 0.6) is 0 Å². The molecule has 0 aliphatic heterocycles. The molecule has 1 rings (SSSR count). The lowest BCUT2D eigenvalue weighted by atomic mass is 10.0. The Hall–Kier alpha value is -2.57. The molecule has 0 aromatic heterocycles. The van der Waals surface area contributed by atoms with Gasteiger partial charge >= 0.3 is 11.9 Å². The van der Waals surface area contributed by atoms with Crippen molar-refractivity contribution < 1.29 is 43.5 Å². The highest BCUT2D eigenvalue weighted by Crippen LogP contribution is 2.06. The Bertz CT molecular complexity index is 682. The van der Waals surface area contributed by atoms with Gasteiger partial charge in [0.25, 0.3) is 5.91 Å². The fourth-order valence-electron chi connectivity index (χ4n) is 2.39. The number of amides is 1. The minimum absolute atomic E-state index is 0.0222. The molecule has 180 valence electrons. The van der Waals surface area contributed by atoms with E-state index < -0.39 is 18.0 Å². The van der Waals surface area contributed by atoms with Gasteiger partial charge in [-0.2, -0.15) is 0 Å². The molecule has 0 fully saturated rings. The average molecular weight is 456 g/mol. The number of nitrogens with one attached hydrogen (secondary N) is 1. The lowest BCUT2D eigenvalue weighted by Crippen LogP contribution is -2.32. The fourth-order valence-corrected chi connectivity index (χ4v) is 2.39. The summed E-state index contributed by atoms with van der Waals surface area (Å²) in [5, 5.41) is 20.0. The van der Waals surface area contributed by atoms with Crippen LogP contribution >= 0.6 is 0 Å². The van der Waals surface area contributed by atoms with E-state index in [0.29, 0.717) is 58.4 Å². The number of carbonyl (C=O) groups is 3. The topological polar surface area (TPSA) is 167 Å². The first-order valence-electron chi connectivity index (χ1n) is 10.3. The Balaban J connectivity index is 1.96. The van der Waals surface area contributed by atoms with Crippen LogP contribution in [0, 0.1) is 0 Å². The number of carbonyl (C=O) groups excluding carboxylic acids is 1. The van der Waals surface area contributed by atoms with E-state index in [1.165, 1.54) is 0 Å². The average Bonchev–Trinajstić information content (AvgIpc) is 2.76. The number of hydrogen-bond donors (Lipinski definition) is 4. The summed E-state index contributed by atoms with van der Waals surface area (Å²) in [5.74, 6) is -2.21. The van der Waals surface area contributed by atoms with Crippen LogP contribution in [0.4, 0.5) is 0 Å². The third-order valence-electron chi connectivity index (χ3n) is 4.10. The quantitative estimate of drug-likeness (QED) is 0.207. The molecule has 0 spiro atoms. The van der Waals surface area contributed by atoms with E-state index in [2.05, 4.69) is 5.32 Å². The van der Waals surface area contributed by atoms with Crippen molar-refractivity contribution in [3.05, 3.63) is 35.4 Å². The first-order valence-corrected chi connectivity index (χ1v) is 10.3. The second-order valence-corrected chi connectivity index (χ2v) is 6.69. The molecule has 0 aliphatic rings. The van der Waals surface area contributed by atoms with E-state index in [0.717, 1.165) is 5.56 Å². The molecule has 11 nitrogen and oxygen atoms in total. The van der Waals surface area contributed by atoms with Crippen LogP contribution < -0.4 is 11.1 Å². The van der Waals surface area contributed by atoms with Gasteiger partial charge in [0.05, 0.1) is 59.3 Å². The van der Waals surface area contributed by atoms with Crippen LogP contribution in [0.2, 0.25) is 0 Å². The van der Waals surface area contributed by atoms with Gasteiger partial charge in [-0.25, -0.2) is 0 Å². The number of benzene rings is 1. The number of ether oxygens (including phenoxy) is 4. The summed E-state index contributed by atoms with van der Waals surface area (Å²) in [6.45, 7) is 3.15. The number of carboxylic acid groups (broad SMARTS) is 2. The molecule has 0 bridgehead atoms. The maximum absolute atomic E-state index is 12.1. The summed E-state index contributed by atoms with van der Waals surface area (Å²) in [5.41, 5.74) is 6.70. The molecule has 1 amide bonds. The molecule has 5 N–H and O–H groups in total. The smallest absolute Gasteiger partial charge is 0.320 e. The maximum atomic E-state index is 12.1. The Morgan fingerprint density at radius 2 is 1.31 bits per heavy atom. The van der Waals surface area contributed by atoms with Crippen molar-refractivity contribution in [2.45, 2.75) is 18.9 Å². The second kappa shape index (κ2) is 17.0. The number of aliphatic carboxylic acids is 2. The van der Waals surface area contributed by atoms with E-state index in [1.807, 2.05) is 0 Å². The van der Waals surface area contributed by atoms with Gasteiger partial charge in [0.1, 0.15) is 6.04 Å². The monoisotopic (exact) mass is 456 g/mol. The zero-order chi connectivity index (χ0) is 23.6. The molecule has 0 saturated heterocycles. The van der Waals surface area contributed by atoms with Gasteiger partial charge in [0, 0.05) is 12.1 Å². The molecule has 1 atom stereocenters. The lowest BCUT2D eigenvalue weighted by molar-refractivity contribution is -0.139. The highest BCUT2D eigenvalue weighted by Gasteiger charge is 2.12. The van der Waals surface area contributed by atoms with Gasteiger partial charge in [-0.1, -0.05) is 12.1 Å². The largest absolute Gasteiger partial charge is 0.481 e. The van der Waals surface area contributed by atoms with Gasteiger partial charge in [0.15, 0.2) is 0 Å². The Kier molecular flexibility index (Phi) is 14.6. The predicted molar refractivity (Wildman–Crippen MR) is 114 cm³/mol. The van der Waals surface area contributed by atoms with Gasteiger partial charge in [-0.15, -0.1) is 0 Å². The Morgan fingerprint density at radius 3 is 1.81 bits per heavy atom. The molecule has 1 unspecified atom stereocenters. The summed E-state index contributed by atoms with van der Waals surface area (Å²) < 4.78 is 21.1. The summed E-state index contributed by atoms with van der Waals surface area (Å²) >= 11 is 0. The number of rotatable bonds is 19. The van der Waals surface area contributed by atoms with E-state index in [-0.39, 0.29) is 25.4 Å². The molecule has 0 radical (unpaired) electrons. The van der Waals surface area contributed by atoms with Crippen molar-refractivity contribution in [3.63, 3.8) is 0 Å². The molecule has 32 heavy (non-hydrogen) atoms. The zero-order valence-electron chi connectivity index (χ0n) is 18.0. The van der Waals surface area contributed by atoms with Gasteiger partial charge in [0.2, 0.25) is 0 Å². The standard InChI is InChI=1S/C21H32N2O9/c22-18(21(27)28)15-16-1-3-17(4-2-16)20(26)23-6-8-30-10-12-32-14-13-31-11-9-29-7-5-19(24)25/h1-4,18H,5-15,22H2,(H,23,26)(H,24,25)(H,27,28). The third kappa shape index (κ3) is 13.7. The SMILES string of the molecule is NC(Cc1ccc(C(=O)NCCOCCOCCOCCOCCC(=O)O)cc1)C(=O)O. The number of nitrogens with two attached hydrogens (primary N) is 1. The van der Waals surface area contributed by atoms with Crippen LogP contribution in [0.25, 0.3) is 0 Å². The Morgan fingerprint density at radius 1 is 0.812 bits per heavy atom. The fraction of sp³-hybridized carbons (Fsp3) is 0.571. The molecule has 0 aliphatic carbocycles. The first-order chi connectivity index (χ1) is 15.4. The van der Waals surface area contributed by atoms with Gasteiger partial charge in [-0.3, -0.25) is 14.4 Å². The summed E-state index contributed by atoms with van der Waals surface area (Å²) in [6, 6.07) is 5.64. The molecule has 1 aromatic carbocycles. The minimum atomic E-state index is -1.07. The van der Waals surface area contributed by atoms with E-state index in [1.54, 1.807) is 24.3 Å². The second-order valence-electron chi connectivity index (χ2n) is 6.69. The van der Waals surface area contributed by atoms with Crippen LogP contribution in [-0.4, -0.2) is 93.5 Å². The molecular weight excluding hydrogens is 424 g/mol. The van der Waals surface area contributed by atoms with E-state index >= 15 is 0 Å². The van der Waals surface area contributed by atoms with Gasteiger partial charge < -0.3 is 40.2 Å². The van der Waals surface area contributed by atoms with Crippen LogP contribution in [0.3, 0.4) is 0 Å². The van der Waals surface area contributed by atoms with Crippen molar-refractivity contribution in [1.29, 1.82) is 0 Å². The first kappa shape index (κ1) is 27.5. The van der Waals surface area contributed by atoms with Crippen LogP contribution in [0.1, 0.15) is 22.3 Å². The van der Waals surface area contributed by atoms with Crippen LogP contribution in [-0.2, 0) is 35.0 Å². The molecule has 1 aromatic rings. The van der Waals surface area contributed by atoms with Crippen molar-refractivity contribution in [1.82, 2.24) is 5.32 Å². The number of hydrogen-bond acceptors (Lipinski definition) is 8. The van der Waals surface area contributed by atoms with Crippen molar-refractivity contribution >= 4 is 17.8 Å². The predicted octanol–water partition coefficient (Wildman–Crippen LogP) is -0.0881. The Labute approximate surface area is 186 Å². The molecular formula is C21H32N2O9. The van der Waals surface area contributed by atoms with Crippen LogP contribution in [0.15, 0.2) is 24.3 Å². The summed E-state index contributed by atoms with van der Waals surface area (Å²) in [7, 11) is 0. The van der Waals surface area contributed by atoms with Crippen molar-refractivity contribution in [2.24, 2.45) is 5.73 Å². The summed E-state index contributed by atoms with van der Waals surface area (Å²) in [4.78, 5) is 33.1. The highest BCUT2D eigenvalue weighted by molar-refractivity contribution is 5.94. The minimum Gasteiger partial charge on any atom is -0.481 e. The normalized spacial score (nSPS) is 11.8. The van der Waals surface area contributed by atoms with E-state index in [9.17, 15) is 14.4 Å². The van der Waals surface area contributed by atoms with Gasteiger partial charge in [-0.05, 0) is 24.1 Å². The summed E-state index contributed by atoms with van der Waals surface area (Å²) in [6.07, 6.45) is 0.175. The zero-order valence-corrected chi connectivity index (χ0v) is 18.0. The van der Waals surface area contributed by atoms with Crippen molar-refractivity contribution in [3.8, 4) is 0 Å². The van der Waals surface area contributed by atoms with Crippen molar-refractivity contribution in [2.75, 3.05) is 59.4 Å². The molecule has 0 heterocycles. The third-order valence-corrected chi connectivity index (χ3v) is 4.10. The maximum Gasteiger partial charge on any atom is 0.320 e. The molecule has 11 heteroatoms.